The summed E-state index contributed by atoms with van der Waals surface area (Å²) in [5, 5.41) is 8.58. The zero-order valence-electron chi connectivity index (χ0n) is 12.9. The molecule has 0 aromatic heterocycles. The average Bonchev–Trinajstić information content (AvgIpc) is 2.35. The summed E-state index contributed by atoms with van der Waals surface area (Å²) in [5.74, 6) is -0.819. The molecule has 0 atom stereocenters. The Morgan fingerprint density at radius 2 is 1.26 bits per heavy atom. The van der Waals surface area contributed by atoms with Gasteiger partial charge in [-0.2, -0.15) is 0 Å². The Bertz CT molecular complexity index is 244. The number of allylic oxidation sites excluding steroid dienone is 1. The molecule has 112 valence electrons. The Balaban J connectivity index is 3.17. The molecule has 0 saturated carbocycles. The van der Waals surface area contributed by atoms with E-state index in [0.29, 0.717) is 0 Å². The third kappa shape index (κ3) is 15.2. The van der Waals surface area contributed by atoms with E-state index in [-0.39, 0.29) is 0 Å². The molecule has 0 bridgehead atoms. The first-order valence-corrected chi connectivity index (χ1v) is 8.07. The lowest BCUT2D eigenvalue weighted by Gasteiger charge is -2.03. The molecule has 0 spiro atoms. The van der Waals surface area contributed by atoms with Gasteiger partial charge in [-0.1, -0.05) is 76.7 Å². The minimum absolute atomic E-state index is 0.819. The lowest BCUT2D eigenvalue weighted by molar-refractivity contribution is -0.131. The highest BCUT2D eigenvalue weighted by atomic mass is 16.4. The second kappa shape index (κ2) is 13.6. The summed E-state index contributed by atoms with van der Waals surface area (Å²) in [6.45, 7) is 4.16. The summed E-state index contributed by atoms with van der Waals surface area (Å²) in [6.07, 6.45) is 17.0. The molecule has 0 aromatic rings. The van der Waals surface area contributed by atoms with E-state index >= 15 is 0 Å². The van der Waals surface area contributed by atoms with Crippen LogP contribution in [0.2, 0.25) is 0 Å². The van der Waals surface area contributed by atoms with E-state index in [1.54, 1.807) is 0 Å². The molecular weight excluding hydrogens is 236 g/mol. The summed E-state index contributed by atoms with van der Waals surface area (Å²) in [4.78, 5) is 10.4. The van der Waals surface area contributed by atoms with Gasteiger partial charge in [-0.25, -0.2) is 4.79 Å². The van der Waals surface area contributed by atoms with Crippen LogP contribution in [0.1, 0.15) is 90.9 Å². The van der Waals surface area contributed by atoms with Crippen molar-refractivity contribution in [1.29, 1.82) is 0 Å². The Morgan fingerprint density at radius 3 is 1.68 bits per heavy atom. The monoisotopic (exact) mass is 268 g/mol. The van der Waals surface area contributed by atoms with Crippen molar-refractivity contribution in [3.8, 4) is 0 Å². The summed E-state index contributed by atoms with van der Waals surface area (Å²) in [5.41, 5.74) is 0.989. The fourth-order valence-electron chi connectivity index (χ4n) is 2.35. The van der Waals surface area contributed by atoms with Gasteiger partial charge in [0.05, 0.1) is 0 Å². The van der Waals surface area contributed by atoms with Crippen molar-refractivity contribution >= 4 is 5.97 Å². The third-order valence-corrected chi connectivity index (χ3v) is 3.54. The fraction of sp³-hybridized carbons (Fsp3) is 0.824. The van der Waals surface area contributed by atoms with Crippen molar-refractivity contribution < 1.29 is 9.90 Å². The van der Waals surface area contributed by atoms with Crippen molar-refractivity contribution in [3.63, 3.8) is 0 Å². The first-order valence-electron chi connectivity index (χ1n) is 8.07. The van der Waals surface area contributed by atoms with Crippen molar-refractivity contribution in [1.82, 2.24) is 0 Å². The quantitative estimate of drug-likeness (QED) is 0.343. The number of carbonyl (C=O) groups is 1. The van der Waals surface area contributed by atoms with Crippen LogP contribution in [-0.4, -0.2) is 11.1 Å². The number of carboxylic acid groups (broad SMARTS) is 1. The van der Waals surface area contributed by atoms with Gasteiger partial charge in [0.15, 0.2) is 0 Å². The molecule has 0 aliphatic carbocycles. The highest BCUT2D eigenvalue weighted by Crippen LogP contribution is 2.13. The number of unbranched alkanes of at least 4 members (excludes halogenated alkanes) is 10. The molecule has 2 heteroatoms. The molecule has 0 rings (SSSR count). The summed E-state index contributed by atoms with van der Waals surface area (Å²) >= 11 is 0. The molecule has 0 saturated heterocycles. The van der Waals surface area contributed by atoms with E-state index in [1.807, 2.05) is 6.92 Å². The van der Waals surface area contributed by atoms with Crippen molar-refractivity contribution in [2.75, 3.05) is 0 Å². The average molecular weight is 268 g/mol. The molecule has 0 fully saturated rings. The molecule has 0 unspecified atom stereocenters. The van der Waals surface area contributed by atoms with Crippen molar-refractivity contribution in [2.24, 2.45) is 0 Å². The topological polar surface area (TPSA) is 37.3 Å². The van der Waals surface area contributed by atoms with Crippen LogP contribution in [0.15, 0.2) is 11.6 Å². The molecule has 1 N–H and O–H groups in total. The smallest absolute Gasteiger partial charge is 0.328 e. The van der Waals surface area contributed by atoms with Crippen LogP contribution in [0.5, 0.6) is 0 Å². The minimum atomic E-state index is -0.819. The normalized spacial score (nSPS) is 11.8. The lowest BCUT2D eigenvalue weighted by atomic mass is 10.0. The van der Waals surface area contributed by atoms with Gasteiger partial charge in [0.1, 0.15) is 0 Å². The lowest BCUT2D eigenvalue weighted by Crippen LogP contribution is -1.90. The summed E-state index contributed by atoms with van der Waals surface area (Å²) in [6, 6.07) is 0. The van der Waals surface area contributed by atoms with Crippen LogP contribution in [0.25, 0.3) is 0 Å². The summed E-state index contributed by atoms with van der Waals surface area (Å²) in [7, 11) is 0. The van der Waals surface area contributed by atoms with E-state index < -0.39 is 5.97 Å². The third-order valence-electron chi connectivity index (χ3n) is 3.54. The molecular formula is C17H32O2. The molecule has 0 aliphatic rings. The largest absolute Gasteiger partial charge is 0.478 e. The van der Waals surface area contributed by atoms with Gasteiger partial charge in [-0.15, -0.1) is 0 Å². The summed E-state index contributed by atoms with van der Waals surface area (Å²) < 4.78 is 0. The first kappa shape index (κ1) is 18.2. The van der Waals surface area contributed by atoms with Gasteiger partial charge in [0.2, 0.25) is 0 Å². The maximum absolute atomic E-state index is 10.4. The van der Waals surface area contributed by atoms with E-state index in [0.717, 1.165) is 18.4 Å². The van der Waals surface area contributed by atoms with Gasteiger partial charge in [0, 0.05) is 6.08 Å². The Labute approximate surface area is 119 Å². The second-order valence-electron chi connectivity index (χ2n) is 5.61. The van der Waals surface area contributed by atoms with Gasteiger partial charge < -0.3 is 5.11 Å². The molecule has 0 radical (unpaired) electrons. The van der Waals surface area contributed by atoms with Gasteiger partial charge >= 0.3 is 5.97 Å². The van der Waals surface area contributed by atoms with Crippen molar-refractivity contribution in [2.45, 2.75) is 90.9 Å². The minimum Gasteiger partial charge on any atom is -0.478 e. The number of aliphatic carboxylic acids is 1. The van der Waals surface area contributed by atoms with Gasteiger partial charge in [0.25, 0.3) is 0 Å². The zero-order valence-corrected chi connectivity index (χ0v) is 12.9. The highest BCUT2D eigenvalue weighted by molar-refractivity contribution is 5.80. The van der Waals surface area contributed by atoms with E-state index in [1.165, 1.54) is 70.3 Å². The van der Waals surface area contributed by atoms with Crippen LogP contribution < -0.4 is 0 Å². The maximum Gasteiger partial charge on any atom is 0.328 e. The standard InChI is InChI=1S/C17H32O2/c1-3-4-5-6-7-8-9-10-11-12-13-14-16(2)15-17(18)19/h15H,3-14H2,1-2H3,(H,18,19). The Hall–Kier alpha value is -0.790. The molecule has 0 aromatic carbocycles. The van der Waals surface area contributed by atoms with Crippen molar-refractivity contribution in [3.05, 3.63) is 11.6 Å². The fourth-order valence-corrected chi connectivity index (χ4v) is 2.35. The van der Waals surface area contributed by atoms with Gasteiger partial charge in [-0.05, 0) is 19.8 Å². The molecule has 0 amide bonds. The number of rotatable bonds is 13. The molecule has 0 heterocycles. The SMILES string of the molecule is CCCCCCCCCCCCCC(C)=CC(=O)O. The first-order chi connectivity index (χ1) is 9.16. The van der Waals surface area contributed by atoms with Crippen LogP contribution in [-0.2, 0) is 4.79 Å². The predicted molar refractivity (Wildman–Crippen MR) is 82.5 cm³/mol. The van der Waals surface area contributed by atoms with E-state index in [9.17, 15) is 4.79 Å². The van der Waals surface area contributed by atoms with E-state index in [2.05, 4.69) is 6.92 Å². The zero-order chi connectivity index (χ0) is 14.3. The maximum atomic E-state index is 10.4. The Kier molecular flexibility index (Phi) is 13.1. The van der Waals surface area contributed by atoms with Crippen LogP contribution in [0.3, 0.4) is 0 Å². The number of hydrogen-bond acceptors (Lipinski definition) is 1. The van der Waals surface area contributed by atoms with E-state index in [4.69, 9.17) is 5.11 Å². The van der Waals surface area contributed by atoms with Crippen LogP contribution in [0, 0.1) is 0 Å². The van der Waals surface area contributed by atoms with Gasteiger partial charge in [-0.3, -0.25) is 0 Å². The molecule has 2 nitrogen and oxygen atoms in total. The second-order valence-corrected chi connectivity index (χ2v) is 5.61. The molecule has 19 heavy (non-hydrogen) atoms. The molecule has 0 aliphatic heterocycles. The Morgan fingerprint density at radius 1 is 0.842 bits per heavy atom. The van der Waals surface area contributed by atoms with Crippen LogP contribution in [0.4, 0.5) is 0 Å². The number of carboxylic acids is 1. The highest BCUT2D eigenvalue weighted by Gasteiger charge is 1.96. The van der Waals surface area contributed by atoms with Crippen LogP contribution >= 0.6 is 0 Å². The predicted octanol–water partition coefficient (Wildman–Crippen LogP) is 5.72. The number of hydrogen-bond donors (Lipinski definition) is 1.